The Morgan fingerprint density at radius 2 is 1.89 bits per heavy atom. The molecular weight excluding hydrogens is 384 g/mol. The molecule has 1 aliphatic heterocycles. The van der Waals surface area contributed by atoms with E-state index in [1.807, 2.05) is 30.3 Å². The summed E-state index contributed by atoms with van der Waals surface area (Å²) < 4.78 is 5.23. The number of anilines is 1. The van der Waals surface area contributed by atoms with E-state index in [2.05, 4.69) is 10.2 Å². The number of carbonyl (C=O) groups excluding carboxylic acids is 2. The van der Waals surface area contributed by atoms with Crippen LogP contribution in [0.2, 0.25) is 5.02 Å². The molecule has 0 unspecified atom stereocenters. The van der Waals surface area contributed by atoms with Crippen molar-refractivity contribution < 1.29 is 24.5 Å². The third kappa shape index (κ3) is 3.82. The highest BCUT2D eigenvalue weighted by Crippen LogP contribution is 2.43. The molecule has 148 valence electrons. The minimum atomic E-state index is -2.16. The molecule has 2 amide bonds. The van der Waals surface area contributed by atoms with Crippen LogP contribution in [0.4, 0.5) is 10.5 Å². The summed E-state index contributed by atoms with van der Waals surface area (Å²) in [7, 11) is 0. The Morgan fingerprint density at radius 1 is 1.21 bits per heavy atom. The summed E-state index contributed by atoms with van der Waals surface area (Å²) in [6.07, 6.45) is -0.914. The molecule has 0 radical (unpaired) electrons. The van der Waals surface area contributed by atoms with Gasteiger partial charge >= 0.3 is 6.09 Å². The third-order valence-corrected chi connectivity index (χ3v) is 4.41. The van der Waals surface area contributed by atoms with Crippen molar-refractivity contribution in [2.75, 3.05) is 4.90 Å². The zero-order chi connectivity index (χ0) is 20.5. The van der Waals surface area contributed by atoms with Crippen LogP contribution >= 0.6 is 11.6 Å². The maximum atomic E-state index is 13.3. The fraction of sp³-hybridized carbons (Fsp3) is 0.300. The lowest BCUT2D eigenvalue weighted by atomic mass is 10.0. The van der Waals surface area contributed by atoms with Crippen molar-refractivity contribution in [1.82, 2.24) is 5.32 Å². The van der Waals surface area contributed by atoms with E-state index in [0.717, 1.165) is 5.56 Å². The fourth-order valence-corrected chi connectivity index (χ4v) is 3.21. The molecule has 2 N–H and O–H groups in total. The van der Waals surface area contributed by atoms with E-state index < -0.39 is 23.3 Å². The van der Waals surface area contributed by atoms with Crippen molar-refractivity contribution in [2.45, 2.75) is 38.6 Å². The first-order valence-corrected chi connectivity index (χ1v) is 9.04. The predicted molar refractivity (Wildman–Crippen MR) is 104 cm³/mol. The van der Waals surface area contributed by atoms with Crippen LogP contribution in [0, 0.1) is 0 Å². The normalized spacial score (nSPS) is 18.8. The molecule has 7 nitrogen and oxygen atoms in total. The standard InChI is InChI=1S/C20H21ClN2O5/c1-19(2,3)27-18(25)22-20(28-26)15-11-14(21)9-10-16(15)23(17(20)24)12-13-7-5-4-6-8-13/h4-11,26H,12H2,1-3H3,(H,22,25)/t20-/m0/s1. The van der Waals surface area contributed by atoms with Gasteiger partial charge in [0.1, 0.15) is 5.60 Å². The van der Waals surface area contributed by atoms with Gasteiger partial charge in [-0.2, -0.15) is 4.89 Å². The summed E-state index contributed by atoms with van der Waals surface area (Å²) in [5.74, 6) is -0.665. The second-order valence-corrected chi connectivity index (χ2v) is 7.87. The van der Waals surface area contributed by atoms with Gasteiger partial charge in [-0.15, -0.1) is 0 Å². The fourth-order valence-electron chi connectivity index (χ4n) is 3.04. The Bertz CT molecular complexity index is 897. The number of hydrogen-bond donors (Lipinski definition) is 2. The van der Waals surface area contributed by atoms with Crippen LogP contribution < -0.4 is 10.2 Å². The van der Waals surface area contributed by atoms with Crippen LogP contribution in [0.1, 0.15) is 31.9 Å². The van der Waals surface area contributed by atoms with E-state index in [9.17, 15) is 14.8 Å². The van der Waals surface area contributed by atoms with Gasteiger partial charge in [-0.05, 0) is 44.5 Å². The zero-order valence-corrected chi connectivity index (χ0v) is 16.5. The van der Waals surface area contributed by atoms with Gasteiger partial charge in [0.15, 0.2) is 0 Å². The van der Waals surface area contributed by atoms with E-state index in [4.69, 9.17) is 16.3 Å². The number of amides is 2. The highest BCUT2D eigenvalue weighted by molar-refractivity contribution is 6.31. The van der Waals surface area contributed by atoms with Crippen molar-refractivity contribution >= 4 is 29.3 Å². The maximum Gasteiger partial charge on any atom is 0.410 e. The molecular formula is C20H21ClN2O5. The lowest BCUT2D eigenvalue weighted by Gasteiger charge is -2.28. The molecule has 0 spiro atoms. The number of benzene rings is 2. The number of hydrogen-bond acceptors (Lipinski definition) is 5. The van der Waals surface area contributed by atoms with Crippen molar-refractivity contribution in [1.29, 1.82) is 0 Å². The molecule has 8 heteroatoms. The van der Waals surface area contributed by atoms with E-state index in [1.54, 1.807) is 32.9 Å². The van der Waals surface area contributed by atoms with Gasteiger partial charge in [0.25, 0.3) is 11.6 Å². The summed E-state index contributed by atoms with van der Waals surface area (Å²) in [6.45, 7) is 5.27. The Balaban J connectivity index is 2.02. The Hall–Kier alpha value is -2.61. The molecule has 1 atom stereocenters. The van der Waals surface area contributed by atoms with E-state index >= 15 is 0 Å². The lowest BCUT2D eigenvalue weighted by Crippen LogP contribution is -2.55. The summed E-state index contributed by atoms with van der Waals surface area (Å²) in [6, 6.07) is 14.0. The minimum Gasteiger partial charge on any atom is -0.444 e. The van der Waals surface area contributed by atoms with Crippen LogP contribution in [0.15, 0.2) is 48.5 Å². The number of alkyl carbamates (subject to hydrolysis) is 1. The molecule has 0 bridgehead atoms. The zero-order valence-electron chi connectivity index (χ0n) is 15.7. The molecule has 2 aromatic rings. The molecule has 0 aliphatic carbocycles. The number of halogens is 1. The quantitative estimate of drug-likeness (QED) is 0.456. The number of ether oxygens (including phenoxy) is 1. The maximum absolute atomic E-state index is 13.3. The van der Waals surface area contributed by atoms with Gasteiger partial charge in [-0.25, -0.2) is 10.1 Å². The highest BCUT2D eigenvalue weighted by atomic mass is 35.5. The Kier molecular flexibility index (Phi) is 5.34. The molecule has 1 heterocycles. The van der Waals surface area contributed by atoms with Crippen LogP contribution in [-0.2, 0) is 26.7 Å². The molecule has 0 saturated carbocycles. The van der Waals surface area contributed by atoms with Gasteiger partial charge in [-0.1, -0.05) is 41.9 Å². The Morgan fingerprint density at radius 3 is 2.50 bits per heavy atom. The van der Waals surface area contributed by atoms with Crippen LogP contribution in [0.3, 0.4) is 0 Å². The largest absolute Gasteiger partial charge is 0.444 e. The molecule has 1 aliphatic rings. The molecule has 0 aromatic heterocycles. The van der Waals surface area contributed by atoms with Gasteiger partial charge < -0.3 is 9.64 Å². The van der Waals surface area contributed by atoms with Crippen LogP contribution in [-0.4, -0.2) is 22.9 Å². The third-order valence-electron chi connectivity index (χ3n) is 4.17. The average molecular weight is 405 g/mol. The van der Waals surface area contributed by atoms with Crippen molar-refractivity contribution in [2.24, 2.45) is 0 Å². The second kappa shape index (κ2) is 7.43. The lowest BCUT2D eigenvalue weighted by molar-refractivity contribution is -0.321. The highest BCUT2D eigenvalue weighted by Gasteiger charge is 2.55. The summed E-state index contributed by atoms with van der Waals surface area (Å²) >= 11 is 6.10. The van der Waals surface area contributed by atoms with Gasteiger partial charge in [0.05, 0.1) is 12.2 Å². The molecule has 0 fully saturated rings. The van der Waals surface area contributed by atoms with E-state index in [-0.39, 0.29) is 12.1 Å². The molecule has 28 heavy (non-hydrogen) atoms. The topological polar surface area (TPSA) is 88.1 Å². The first kappa shape index (κ1) is 20.1. The van der Waals surface area contributed by atoms with Gasteiger partial charge in [0.2, 0.25) is 0 Å². The second-order valence-electron chi connectivity index (χ2n) is 7.44. The SMILES string of the molecule is CC(C)(C)OC(=O)N[C@@]1(OO)C(=O)N(Cc2ccccc2)c2ccc(Cl)cc21. The smallest absolute Gasteiger partial charge is 0.410 e. The number of carbonyl (C=O) groups is 2. The van der Waals surface area contributed by atoms with Crippen molar-refractivity contribution in [3.8, 4) is 0 Å². The summed E-state index contributed by atoms with van der Waals surface area (Å²) in [5, 5.41) is 12.4. The average Bonchev–Trinajstić information content (AvgIpc) is 2.83. The molecule has 2 aromatic carbocycles. The summed E-state index contributed by atoms with van der Waals surface area (Å²) in [4.78, 5) is 31.6. The van der Waals surface area contributed by atoms with Gasteiger partial charge in [0, 0.05) is 10.6 Å². The van der Waals surface area contributed by atoms with Crippen LogP contribution in [0.5, 0.6) is 0 Å². The first-order valence-electron chi connectivity index (χ1n) is 8.66. The summed E-state index contributed by atoms with van der Waals surface area (Å²) in [5.41, 5.74) is -1.42. The monoisotopic (exact) mass is 404 g/mol. The van der Waals surface area contributed by atoms with Crippen molar-refractivity contribution in [3.05, 3.63) is 64.7 Å². The van der Waals surface area contributed by atoms with Crippen molar-refractivity contribution in [3.63, 3.8) is 0 Å². The Labute approximate surface area is 167 Å². The van der Waals surface area contributed by atoms with Crippen LogP contribution in [0.25, 0.3) is 0 Å². The van der Waals surface area contributed by atoms with Gasteiger partial charge in [-0.3, -0.25) is 10.1 Å². The number of rotatable bonds is 4. The number of nitrogens with one attached hydrogen (secondary N) is 1. The number of fused-ring (bicyclic) bond motifs is 1. The van der Waals surface area contributed by atoms with E-state index in [1.165, 1.54) is 11.0 Å². The first-order chi connectivity index (χ1) is 13.2. The van der Waals surface area contributed by atoms with E-state index in [0.29, 0.717) is 10.7 Å². The minimum absolute atomic E-state index is 0.217. The number of nitrogens with zero attached hydrogens (tertiary/aromatic N) is 1. The predicted octanol–water partition coefficient (Wildman–Crippen LogP) is 4.05. The molecule has 3 rings (SSSR count). The molecule has 0 saturated heterocycles.